The topological polar surface area (TPSA) is 73.9 Å². The van der Waals surface area contributed by atoms with E-state index in [1.165, 1.54) is 7.11 Å². The largest absolute Gasteiger partial charge is 0.497 e. The zero-order valence-corrected chi connectivity index (χ0v) is 15.4. The molecule has 1 atom stereocenters. The number of esters is 1. The van der Waals surface area contributed by atoms with E-state index in [0.29, 0.717) is 22.6 Å². The Morgan fingerprint density at radius 3 is 2.44 bits per heavy atom. The summed E-state index contributed by atoms with van der Waals surface area (Å²) in [7, 11) is 3.09. The number of methoxy groups -OCH3 is 2. The van der Waals surface area contributed by atoms with Crippen LogP contribution < -0.4 is 14.8 Å². The van der Waals surface area contributed by atoms with Crippen molar-refractivity contribution in [2.75, 3.05) is 14.2 Å². The molecule has 0 aromatic heterocycles. The van der Waals surface area contributed by atoms with Crippen LogP contribution in [0.5, 0.6) is 11.5 Å². The van der Waals surface area contributed by atoms with Gasteiger partial charge in [-0.05, 0) is 18.9 Å². The Labute approximate surface area is 158 Å². The molecule has 1 N–H and O–H groups in total. The summed E-state index contributed by atoms with van der Waals surface area (Å²) >= 11 is 0. The summed E-state index contributed by atoms with van der Waals surface area (Å²) in [5.74, 6) is 0.372. The van der Waals surface area contributed by atoms with Crippen LogP contribution in [0.25, 0.3) is 0 Å². The van der Waals surface area contributed by atoms with Gasteiger partial charge in [0.15, 0.2) is 0 Å². The van der Waals surface area contributed by atoms with E-state index >= 15 is 0 Å². The summed E-state index contributed by atoms with van der Waals surface area (Å²) in [5.41, 5.74) is 1.31. The lowest BCUT2D eigenvalue weighted by Gasteiger charge is -2.18. The van der Waals surface area contributed by atoms with Gasteiger partial charge in [0.05, 0.1) is 20.6 Å². The average molecular weight is 369 g/mol. The standard InChI is InChI=1S/C21H23NO5/c1-25-17-11-8-15(18(13-17)26-2)12-19(23)27-20(14-6-4-3-5-7-14)21(24)22-16-9-10-16/h3-8,11,13,16,20H,9-10,12H2,1-2H3,(H,22,24)/t20-/m1/s1. The first-order chi connectivity index (χ1) is 13.1. The highest BCUT2D eigenvalue weighted by Gasteiger charge is 2.30. The third-order valence-corrected chi connectivity index (χ3v) is 4.34. The van der Waals surface area contributed by atoms with Crippen LogP contribution in [-0.4, -0.2) is 32.1 Å². The molecule has 0 unspecified atom stereocenters. The Balaban J connectivity index is 1.73. The van der Waals surface area contributed by atoms with Crippen molar-refractivity contribution in [3.8, 4) is 11.5 Å². The molecule has 3 rings (SSSR count). The number of amides is 1. The second-order valence-electron chi connectivity index (χ2n) is 6.42. The lowest BCUT2D eigenvalue weighted by molar-refractivity contribution is -0.156. The van der Waals surface area contributed by atoms with Gasteiger partial charge in [0.25, 0.3) is 5.91 Å². The Bertz CT molecular complexity index is 801. The number of benzene rings is 2. The van der Waals surface area contributed by atoms with Gasteiger partial charge in [0, 0.05) is 23.2 Å². The van der Waals surface area contributed by atoms with Crippen LogP contribution in [0.3, 0.4) is 0 Å². The molecule has 1 amide bonds. The smallest absolute Gasteiger partial charge is 0.311 e. The van der Waals surface area contributed by atoms with Crippen molar-refractivity contribution in [1.29, 1.82) is 0 Å². The van der Waals surface area contributed by atoms with E-state index < -0.39 is 12.1 Å². The minimum atomic E-state index is -0.969. The minimum absolute atomic E-state index is 0.00674. The van der Waals surface area contributed by atoms with Gasteiger partial charge >= 0.3 is 5.97 Å². The van der Waals surface area contributed by atoms with Crippen molar-refractivity contribution in [2.24, 2.45) is 0 Å². The number of ether oxygens (including phenoxy) is 3. The van der Waals surface area contributed by atoms with Gasteiger partial charge in [-0.25, -0.2) is 0 Å². The van der Waals surface area contributed by atoms with Gasteiger partial charge in [-0.1, -0.05) is 36.4 Å². The molecule has 0 radical (unpaired) electrons. The molecule has 1 fully saturated rings. The van der Waals surface area contributed by atoms with Crippen LogP contribution in [0, 0.1) is 0 Å². The van der Waals surface area contributed by atoms with Gasteiger partial charge in [-0.2, -0.15) is 0 Å². The molecule has 6 nitrogen and oxygen atoms in total. The van der Waals surface area contributed by atoms with Crippen LogP contribution in [0.2, 0.25) is 0 Å². The first-order valence-corrected chi connectivity index (χ1v) is 8.86. The summed E-state index contributed by atoms with van der Waals surface area (Å²) in [6.07, 6.45) is 0.949. The van der Waals surface area contributed by atoms with Crippen molar-refractivity contribution in [1.82, 2.24) is 5.32 Å². The Morgan fingerprint density at radius 1 is 1.07 bits per heavy atom. The predicted octanol–water partition coefficient (Wildman–Crippen LogP) is 2.81. The molecule has 1 aliphatic carbocycles. The van der Waals surface area contributed by atoms with Crippen LogP contribution in [0.15, 0.2) is 48.5 Å². The van der Waals surface area contributed by atoms with Gasteiger partial charge in [0.2, 0.25) is 6.10 Å². The molecule has 0 heterocycles. The third kappa shape index (κ3) is 5.00. The van der Waals surface area contributed by atoms with Crippen LogP contribution >= 0.6 is 0 Å². The molecular formula is C21H23NO5. The highest BCUT2D eigenvalue weighted by Crippen LogP contribution is 2.27. The lowest BCUT2D eigenvalue weighted by atomic mass is 10.1. The van der Waals surface area contributed by atoms with Crippen LogP contribution in [0.4, 0.5) is 0 Å². The van der Waals surface area contributed by atoms with E-state index in [2.05, 4.69) is 5.32 Å². The summed E-state index contributed by atoms with van der Waals surface area (Å²) < 4.78 is 16.0. The molecule has 2 aromatic carbocycles. The number of hydrogen-bond donors (Lipinski definition) is 1. The monoisotopic (exact) mass is 369 g/mol. The molecule has 6 heteroatoms. The van der Waals surface area contributed by atoms with E-state index in [9.17, 15) is 9.59 Å². The van der Waals surface area contributed by atoms with Gasteiger partial charge in [-0.3, -0.25) is 9.59 Å². The fourth-order valence-electron chi connectivity index (χ4n) is 2.73. The molecule has 1 aliphatic rings. The number of nitrogens with one attached hydrogen (secondary N) is 1. The van der Waals surface area contributed by atoms with Crippen molar-refractivity contribution in [3.05, 3.63) is 59.7 Å². The maximum atomic E-state index is 12.6. The third-order valence-electron chi connectivity index (χ3n) is 4.34. The number of rotatable bonds is 8. The Kier molecular flexibility index (Phi) is 5.96. The number of carbonyl (C=O) groups excluding carboxylic acids is 2. The van der Waals surface area contributed by atoms with Gasteiger partial charge < -0.3 is 19.5 Å². The molecule has 142 valence electrons. The summed E-state index contributed by atoms with van der Waals surface area (Å²) in [6, 6.07) is 14.4. The van der Waals surface area contributed by atoms with E-state index in [0.717, 1.165) is 12.8 Å². The zero-order chi connectivity index (χ0) is 19.2. The quantitative estimate of drug-likeness (QED) is 0.725. The van der Waals surface area contributed by atoms with Crippen molar-refractivity contribution in [3.63, 3.8) is 0 Å². The van der Waals surface area contributed by atoms with Gasteiger partial charge in [-0.15, -0.1) is 0 Å². The first kappa shape index (κ1) is 18.8. The molecule has 1 saturated carbocycles. The Morgan fingerprint density at radius 2 is 1.81 bits per heavy atom. The molecule has 2 aromatic rings. The Hall–Kier alpha value is -3.02. The first-order valence-electron chi connectivity index (χ1n) is 8.86. The van der Waals surface area contributed by atoms with E-state index in [4.69, 9.17) is 14.2 Å². The highest BCUT2D eigenvalue weighted by atomic mass is 16.5. The lowest BCUT2D eigenvalue weighted by Crippen LogP contribution is -2.33. The molecule has 27 heavy (non-hydrogen) atoms. The van der Waals surface area contributed by atoms with Gasteiger partial charge in [0.1, 0.15) is 11.5 Å². The predicted molar refractivity (Wildman–Crippen MR) is 99.7 cm³/mol. The van der Waals surface area contributed by atoms with E-state index in [1.807, 2.05) is 18.2 Å². The maximum absolute atomic E-state index is 12.6. The number of carbonyl (C=O) groups is 2. The van der Waals surface area contributed by atoms with E-state index in [1.54, 1.807) is 37.4 Å². The molecule has 0 spiro atoms. The van der Waals surface area contributed by atoms with Crippen LogP contribution in [-0.2, 0) is 20.7 Å². The molecular weight excluding hydrogens is 346 g/mol. The molecule has 0 aliphatic heterocycles. The summed E-state index contributed by atoms with van der Waals surface area (Å²) in [4.78, 5) is 25.1. The second kappa shape index (κ2) is 8.58. The minimum Gasteiger partial charge on any atom is -0.497 e. The second-order valence-corrected chi connectivity index (χ2v) is 6.42. The zero-order valence-electron chi connectivity index (χ0n) is 15.4. The fraction of sp³-hybridized carbons (Fsp3) is 0.333. The summed E-state index contributed by atoms with van der Waals surface area (Å²) in [5, 5.41) is 2.90. The van der Waals surface area contributed by atoms with Crippen LogP contribution in [0.1, 0.15) is 30.1 Å². The SMILES string of the molecule is COc1ccc(CC(=O)O[C@@H](C(=O)NC2CC2)c2ccccc2)c(OC)c1. The highest BCUT2D eigenvalue weighted by molar-refractivity contribution is 5.86. The van der Waals surface area contributed by atoms with Crippen molar-refractivity contribution >= 4 is 11.9 Å². The molecule has 0 saturated heterocycles. The molecule has 0 bridgehead atoms. The summed E-state index contributed by atoms with van der Waals surface area (Å²) in [6.45, 7) is 0. The normalized spacial score (nSPS) is 14.1. The average Bonchev–Trinajstić information content (AvgIpc) is 3.51. The number of hydrogen-bond acceptors (Lipinski definition) is 5. The maximum Gasteiger partial charge on any atom is 0.311 e. The van der Waals surface area contributed by atoms with Crippen molar-refractivity contribution < 1.29 is 23.8 Å². The van der Waals surface area contributed by atoms with E-state index in [-0.39, 0.29) is 18.4 Å². The fourth-order valence-corrected chi connectivity index (χ4v) is 2.73. The van der Waals surface area contributed by atoms with Crippen molar-refractivity contribution in [2.45, 2.75) is 31.4 Å².